The van der Waals surface area contributed by atoms with Crippen molar-refractivity contribution in [2.45, 2.75) is 50.5 Å². The highest BCUT2D eigenvalue weighted by molar-refractivity contribution is 5.77. The van der Waals surface area contributed by atoms with Crippen LogP contribution in [-0.4, -0.2) is 35.9 Å². The molecule has 0 bridgehead atoms. The number of hydrogen-bond acceptors (Lipinski definition) is 4. The van der Waals surface area contributed by atoms with Crippen molar-refractivity contribution in [3.63, 3.8) is 0 Å². The highest BCUT2D eigenvalue weighted by Crippen LogP contribution is 2.42. The van der Waals surface area contributed by atoms with E-state index >= 15 is 0 Å². The normalized spacial score (nSPS) is 24.4. The van der Waals surface area contributed by atoms with Crippen molar-refractivity contribution in [1.82, 2.24) is 5.32 Å². The molecule has 0 radical (unpaired) electrons. The number of amides is 1. The number of alkyl halides is 3. The fraction of sp³-hybridized carbons (Fsp3) is 0.667. The van der Waals surface area contributed by atoms with E-state index in [0.29, 0.717) is 13.0 Å². The Bertz CT molecular complexity index is 563. The topological polar surface area (TPSA) is 71.7 Å². The summed E-state index contributed by atoms with van der Waals surface area (Å²) >= 11 is 0. The van der Waals surface area contributed by atoms with Crippen LogP contribution in [0.25, 0.3) is 0 Å². The minimum Gasteiger partial charge on any atom is -0.463 e. The van der Waals surface area contributed by atoms with E-state index in [9.17, 15) is 23.1 Å². The Kier molecular flexibility index (Phi) is 4.77. The number of furan rings is 1. The summed E-state index contributed by atoms with van der Waals surface area (Å²) in [7, 11) is 0. The zero-order valence-corrected chi connectivity index (χ0v) is 13.0. The van der Waals surface area contributed by atoms with Gasteiger partial charge >= 0.3 is 6.18 Å². The Labute approximate surface area is 131 Å². The summed E-state index contributed by atoms with van der Waals surface area (Å²) < 4.78 is 50.1. The Hall–Kier alpha value is -1.54. The number of nitrogens with one attached hydrogen (secondary N) is 1. The van der Waals surface area contributed by atoms with Crippen molar-refractivity contribution < 1.29 is 32.2 Å². The molecule has 1 fully saturated rings. The van der Waals surface area contributed by atoms with Crippen LogP contribution in [0, 0.1) is 6.92 Å². The monoisotopic (exact) mass is 335 g/mol. The van der Waals surface area contributed by atoms with E-state index in [1.165, 1.54) is 13.0 Å². The maximum Gasteiger partial charge on any atom is 0.425 e. The van der Waals surface area contributed by atoms with Gasteiger partial charge in [0, 0.05) is 13.2 Å². The van der Waals surface area contributed by atoms with Gasteiger partial charge in [-0.1, -0.05) is 0 Å². The fourth-order valence-corrected chi connectivity index (χ4v) is 2.54. The summed E-state index contributed by atoms with van der Waals surface area (Å²) in [4.78, 5) is 11.9. The minimum absolute atomic E-state index is 0.0942. The molecule has 5 nitrogen and oxygen atoms in total. The van der Waals surface area contributed by atoms with E-state index in [1.54, 1.807) is 6.92 Å². The zero-order chi connectivity index (χ0) is 17.3. The molecular formula is C15H20F3NO4. The first-order valence-electron chi connectivity index (χ1n) is 7.32. The van der Waals surface area contributed by atoms with Crippen LogP contribution < -0.4 is 5.32 Å². The third-order valence-corrected chi connectivity index (χ3v) is 3.99. The minimum atomic E-state index is -5.04. The van der Waals surface area contributed by atoms with E-state index in [0.717, 1.165) is 12.5 Å². The van der Waals surface area contributed by atoms with E-state index in [2.05, 4.69) is 5.32 Å². The molecule has 1 aromatic rings. The SMILES string of the molecule is Cc1ccc([C@@](O)(CC(=O)NC[C@@]2(C)CCCO2)C(F)(F)F)o1. The lowest BCUT2D eigenvalue weighted by Crippen LogP contribution is -2.48. The number of hydrogen-bond donors (Lipinski definition) is 2. The molecule has 1 aliphatic heterocycles. The summed E-state index contributed by atoms with van der Waals surface area (Å²) in [5.41, 5.74) is -3.93. The van der Waals surface area contributed by atoms with Gasteiger partial charge in [-0.25, -0.2) is 0 Å². The predicted octanol–water partition coefficient (Wildman–Crippen LogP) is 2.41. The first kappa shape index (κ1) is 17.8. The molecule has 130 valence electrons. The highest BCUT2D eigenvalue weighted by Gasteiger charge is 2.58. The molecule has 1 amide bonds. The molecule has 1 aromatic heterocycles. The Morgan fingerprint density at radius 2 is 2.13 bits per heavy atom. The average molecular weight is 335 g/mol. The summed E-state index contributed by atoms with van der Waals surface area (Å²) in [5, 5.41) is 12.5. The molecule has 0 aliphatic carbocycles. The van der Waals surface area contributed by atoms with Crippen LogP contribution in [0.1, 0.15) is 37.7 Å². The maximum atomic E-state index is 13.3. The lowest BCUT2D eigenvalue weighted by molar-refractivity contribution is -0.273. The van der Waals surface area contributed by atoms with Gasteiger partial charge in [-0.2, -0.15) is 13.2 Å². The van der Waals surface area contributed by atoms with Crippen molar-refractivity contribution in [2.24, 2.45) is 0 Å². The molecule has 1 saturated heterocycles. The van der Waals surface area contributed by atoms with Gasteiger partial charge in [0.15, 0.2) is 0 Å². The molecule has 2 heterocycles. The Balaban J connectivity index is 2.07. The second kappa shape index (κ2) is 6.16. The molecular weight excluding hydrogens is 315 g/mol. The highest BCUT2D eigenvalue weighted by atomic mass is 19.4. The van der Waals surface area contributed by atoms with Crippen LogP contribution in [0.3, 0.4) is 0 Å². The maximum absolute atomic E-state index is 13.3. The summed E-state index contributed by atoms with van der Waals surface area (Å²) in [5.74, 6) is -1.40. The van der Waals surface area contributed by atoms with E-state index < -0.39 is 35.5 Å². The number of rotatable bonds is 5. The van der Waals surface area contributed by atoms with Crippen molar-refractivity contribution >= 4 is 5.91 Å². The average Bonchev–Trinajstić information content (AvgIpc) is 3.05. The fourth-order valence-electron chi connectivity index (χ4n) is 2.54. The number of aliphatic hydroxyl groups is 1. The standard InChI is InChI=1S/C15H20F3NO4/c1-10-4-5-11(23-10)14(21,15(16,17)18)8-12(20)19-9-13(2)6-3-7-22-13/h4-5,21H,3,6-9H2,1-2H3,(H,19,20)/t13-,14+/m1/s1. The van der Waals surface area contributed by atoms with E-state index in [-0.39, 0.29) is 12.3 Å². The van der Waals surface area contributed by atoms with Gasteiger partial charge in [0.25, 0.3) is 0 Å². The molecule has 0 saturated carbocycles. The van der Waals surface area contributed by atoms with Crippen molar-refractivity contribution in [1.29, 1.82) is 0 Å². The number of ether oxygens (including phenoxy) is 1. The third kappa shape index (κ3) is 3.87. The zero-order valence-electron chi connectivity index (χ0n) is 13.0. The molecule has 0 unspecified atom stereocenters. The van der Waals surface area contributed by atoms with Gasteiger partial charge < -0.3 is 19.6 Å². The Morgan fingerprint density at radius 3 is 2.61 bits per heavy atom. The molecule has 2 N–H and O–H groups in total. The smallest absolute Gasteiger partial charge is 0.425 e. The Morgan fingerprint density at radius 1 is 1.43 bits per heavy atom. The largest absolute Gasteiger partial charge is 0.463 e. The molecule has 23 heavy (non-hydrogen) atoms. The second-order valence-corrected chi connectivity index (χ2v) is 6.12. The van der Waals surface area contributed by atoms with E-state index in [1.807, 2.05) is 0 Å². The van der Waals surface area contributed by atoms with Gasteiger partial charge in [0.1, 0.15) is 11.5 Å². The quantitative estimate of drug-likeness (QED) is 0.867. The second-order valence-electron chi connectivity index (χ2n) is 6.12. The number of aryl methyl sites for hydroxylation is 1. The van der Waals surface area contributed by atoms with Gasteiger partial charge in [0.05, 0.1) is 12.0 Å². The summed E-state index contributed by atoms with van der Waals surface area (Å²) in [6.45, 7) is 3.90. The van der Waals surface area contributed by atoms with Crippen molar-refractivity contribution in [3.8, 4) is 0 Å². The summed E-state index contributed by atoms with van der Waals surface area (Å²) in [6.07, 6.45) is -4.65. The lowest BCUT2D eigenvalue weighted by atomic mass is 9.95. The number of carbonyl (C=O) groups excluding carboxylic acids is 1. The van der Waals surface area contributed by atoms with Crippen molar-refractivity contribution in [3.05, 3.63) is 23.7 Å². The van der Waals surface area contributed by atoms with Gasteiger partial charge in [-0.05, 0) is 38.8 Å². The first-order valence-corrected chi connectivity index (χ1v) is 7.32. The van der Waals surface area contributed by atoms with Crippen LogP contribution in [0.5, 0.6) is 0 Å². The molecule has 2 atom stereocenters. The molecule has 0 spiro atoms. The van der Waals surface area contributed by atoms with Crippen LogP contribution in [-0.2, 0) is 15.1 Å². The van der Waals surface area contributed by atoms with E-state index in [4.69, 9.17) is 9.15 Å². The van der Waals surface area contributed by atoms with Crippen LogP contribution in [0.4, 0.5) is 13.2 Å². The number of carbonyl (C=O) groups is 1. The summed E-state index contributed by atoms with van der Waals surface area (Å²) in [6, 6.07) is 2.33. The van der Waals surface area contributed by atoms with Gasteiger partial charge in [-0.15, -0.1) is 0 Å². The van der Waals surface area contributed by atoms with Crippen LogP contribution >= 0.6 is 0 Å². The first-order chi connectivity index (χ1) is 10.6. The van der Waals surface area contributed by atoms with Gasteiger partial charge in [-0.3, -0.25) is 4.79 Å². The molecule has 1 aliphatic rings. The number of halogens is 3. The van der Waals surface area contributed by atoms with Crippen LogP contribution in [0.2, 0.25) is 0 Å². The third-order valence-electron chi connectivity index (χ3n) is 3.99. The predicted molar refractivity (Wildman–Crippen MR) is 74.6 cm³/mol. The molecule has 0 aromatic carbocycles. The van der Waals surface area contributed by atoms with Crippen LogP contribution in [0.15, 0.2) is 16.5 Å². The molecule has 8 heteroatoms. The molecule has 2 rings (SSSR count). The van der Waals surface area contributed by atoms with Gasteiger partial charge in [0.2, 0.25) is 11.5 Å². The lowest BCUT2D eigenvalue weighted by Gasteiger charge is -2.29. The van der Waals surface area contributed by atoms with Crippen molar-refractivity contribution in [2.75, 3.05) is 13.2 Å².